The van der Waals surface area contributed by atoms with Crippen LogP contribution < -0.4 is 15.4 Å². The van der Waals surface area contributed by atoms with Gasteiger partial charge in [0.25, 0.3) is 11.8 Å². The van der Waals surface area contributed by atoms with Crippen LogP contribution in [0.1, 0.15) is 52.1 Å². The maximum absolute atomic E-state index is 12.9. The first kappa shape index (κ1) is 23.1. The fraction of sp³-hybridized carbons (Fsp3) is 0.241. The summed E-state index contributed by atoms with van der Waals surface area (Å²) in [7, 11) is 1.60. The van der Waals surface area contributed by atoms with Crippen molar-refractivity contribution in [2.24, 2.45) is 0 Å². The van der Waals surface area contributed by atoms with E-state index in [1.165, 1.54) is 30.6 Å². The third kappa shape index (κ3) is 5.08. The lowest BCUT2D eigenvalue weighted by Crippen LogP contribution is -2.35. The zero-order chi connectivity index (χ0) is 24.2. The molecular formula is C29H28N2O3S. The molecule has 5 rings (SSSR count). The molecule has 1 heterocycles. The number of hydrogen-bond acceptors (Lipinski definition) is 4. The molecule has 4 aromatic rings. The molecule has 1 aliphatic rings. The second-order valence-electron chi connectivity index (χ2n) is 8.91. The molecule has 35 heavy (non-hydrogen) atoms. The summed E-state index contributed by atoms with van der Waals surface area (Å²) in [6.07, 6.45) is 5.66. The molecule has 5 nitrogen and oxygen atoms in total. The van der Waals surface area contributed by atoms with Crippen LogP contribution in [0, 0.1) is 0 Å². The number of hydrogen-bond donors (Lipinski definition) is 2. The van der Waals surface area contributed by atoms with Gasteiger partial charge in [-0.25, -0.2) is 0 Å². The Hall–Kier alpha value is -3.64. The highest BCUT2D eigenvalue weighted by Gasteiger charge is 2.23. The number of fused-ring (bicyclic) bond motifs is 1. The highest BCUT2D eigenvalue weighted by Crippen LogP contribution is 2.39. The van der Waals surface area contributed by atoms with Crippen LogP contribution in [0.4, 0.5) is 5.69 Å². The van der Waals surface area contributed by atoms with Gasteiger partial charge in [0, 0.05) is 28.2 Å². The van der Waals surface area contributed by atoms with Crippen molar-refractivity contribution < 1.29 is 14.3 Å². The van der Waals surface area contributed by atoms with E-state index in [0.29, 0.717) is 21.9 Å². The van der Waals surface area contributed by atoms with E-state index in [9.17, 15) is 9.59 Å². The van der Waals surface area contributed by atoms with Crippen LogP contribution in [0.3, 0.4) is 0 Å². The van der Waals surface area contributed by atoms with E-state index in [1.54, 1.807) is 7.11 Å². The average Bonchev–Trinajstić information content (AvgIpc) is 3.34. The van der Waals surface area contributed by atoms with E-state index in [1.807, 2.05) is 72.1 Å². The van der Waals surface area contributed by atoms with Crippen LogP contribution in [0.15, 0.2) is 72.1 Å². The zero-order valence-electron chi connectivity index (χ0n) is 19.7. The molecule has 2 N–H and O–H groups in total. The van der Waals surface area contributed by atoms with Crippen molar-refractivity contribution in [3.8, 4) is 16.9 Å². The van der Waals surface area contributed by atoms with Crippen molar-refractivity contribution in [1.29, 1.82) is 0 Å². The number of thiophene rings is 1. The molecule has 3 aromatic carbocycles. The minimum Gasteiger partial charge on any atom is -0.494 e. The minimum absolute atomic E-state index is 0.0655. The van der Waals surface area contributed by atoms with Crippen LogP contribution in [0.5, 0.6) is 5.75 Å². The number of anilines is 1. The summed E-state index contributed by atoms with van der Waals surface area (Å²) >= 11 is 1.40. The van der Waals surface area contributed by atoms with Crippen LogP contribution in [-0.4, -0.2) is 25.0 Å². The molecule has 178 valence electrons. The van der Waals surface area contributed by atoms with Gasteiger partial charge in [-0.05, 0) is 53.4 Å². The SMILES string of the molecule is COc1c(-c2ccc(NC(=O)c3ccc4ccccc4c3)cc2)csc1C(=O)NC1CCCCC1. The summed E-state index contributed by atoms with van der Waals surface area (Å²) in [5.74, 6) is 0.374. The highest BCUT2D eigenvalue weighted by molar-refractivity contribution is 7.13. The summed E-state index contributed by atoms with van der Waals surface area (Å²) in [5, 5.41) is 10.2. The van der Waals surface area contributed by atoms with E-state index < -0.39 is 0 Å². The lowest BCUT2D eigenvalue weighted by Gasteiger charge is -2.22. The molecule has 0 aliphatic heterocycles. The fourth-order valence-electron chi connectivity index (χ4n) is 4.67. The molecule has 1 fully saturated rings. The van der Waals surface area contributed by atoms with E-state index in [2.05, 4.69) is 10.6 Å². The van der Waals surface area contributed by atoms with Gasteiger partial charge < -0.3 is 15.4 Å². The first-order valence-corrected chi connectivity index (χ1v) is 12.9. The van der Waals surface area contributed by atoms with E-state index in [0.717, 1.165) is 34.7 Å². The first-order valence-electron chi connectivity index (χ1n) is 12.0. The molecular weight excluding hydrogens is 456 g/mol. The maximum atomic E-state index is 12.9. The smallest absolute Gasteiger partial charge is 0.265 e. The number of benzene rings is 3. The molecule has 0 radical (unpaired) electrons. The Morgan fingerprint density at radius 2 is 1.63 bits per heavy atom. The highest BCUT2D eigenvalue weighted by atomic mass is 32.1. The molecule has 0 saturated heterocycles. The van der Waals surface area contributed by atoms with E-state index in [4.69, 9.17) is 4.74 Å². The van der Waals surface area contributed by atoms with Crippen molar-refractivity contribution in [2.75, 3.05) is 12.4 Å². The largest absolute Gasteiger partial charge is 0.494 e. The van der Waals surface area contributed by atoms with Gasteiger partial charge in [0.05, 0.1) is 7.11 Å². The van der Waals surface area contributed by atoms with E-state index in [-0.39, 0.29) is 17.9 Å². The lowest BCUT2D eigenvalue weighted by molar-refractivity contribution is 0.0928. The van der Waals surface area contributed by atoms with Gasteiger partial charge in [-0.1, -0.05) is 61.7 Å². The second-order valence-corrected chi connectivity index (χ2v) is 9.79. The third-order valence-corrected chi connectivity index (χ3v) is 7.52. The van der Waals surface area contributed by atoms with Gasteiger partial charge in [-0.3, -0.25) is 9.59 Å². The average molecular weight is 485 g/mol. The fourth-order valence-corrected chi connectivity index (χ4v) is 5.62. The lowest BCUT2D eigenvalue weighted by atomic mass is 9.95. The Labute approximate surface area is 209 Å². The van der Waals surface area contributed by atoms with Crippen molar-refractivity contribution >= 4 is 39.6 Å². The van der Waals surface area contributed by atoms with Gasteiger partial charge in [0.2, 0.25) is 0 Å². The zero-order valence-corrected chi connectivity index (χ0v) is 20.5. The quantitative estimate of drug-likeness (QED) is 0.313. The number of ether oxygens (including phenoxy) is 1. The van der Waals surface area contributed by atoms with Crippen molar-refractivity contribution in [1.82, 2.24) is 5.32 Å². The van der Waals surface area contributed by atoms with Crippen LogP contribution in [0.2, 0.25) is 0 Å². The Bertz CT molecular complexity index is 1350. The van der Waals surface area contributed by atoms with Crippen molar-refractivity contribution in [2.45, 2.75) is 38.1 Å². The molecule has 1 aliphatic carbocycles. The van der Waals surface area contributed by atoms with Crippen molar-refractivity contribution in [3.05, 3.63) is 82.6 Å². The second kappa shape index (κ2) is 10.3. The molecule has 0 spiro atoms. The van der Waals surface area contributed by atoms with Gasteiger partial charge in [-0.2, -0.15) is 0 Å². The summed E-state index contributed by atoms with van der Waals surface area (Å²) in [5.41, 5.74) is 3.12. The predicted molar refractivity (Wildman–Crippen MR) is 143 cm³/mol. The monoisotopic (exact) mass is 484 g/mol. The van der Waals surface area contributed by atoms with Crippen LogP contribution in [-0.2, 0) is 0 Å². The molecule has 0 unspecified atom stereocenters. The number of carbonyl (C=O) groups excluding carboxylic acids is 2. The van der Waals surface area contributed by atoms with Gasteiger partial charge in [0.15, 0.2) is 0 Å². The summed E-state index contributed by atoms with van der Waals surface area (Å²) in [4.78, 5) is 26.3. The Morgan fingerprint density at radius 1 is 0.886 bits per heavy atom. The minimum atomic E-state index is -0.154. The number of rotatable bonds is 6. The van der Waals surface area contributed by atoms with Crippen LogP contribution >= 0.6 is 11.3 Å². The maximum Gasteiger partial charge on any atom is 0.265 e. The predicted octanol–water partition coefficient (Wildman–Crippen LogP) is 6.89. The molecule has 2 amide bonds. The summed E-state index contributed by atoms with van der Waals surface area (Å²) in [6, 6.07) is 21.5. The summed E-state index contributed by atoms with van der Waals surface area (Å²) < 4.78 is 5.65. The van der Waals surface area contributed by atoms with Gasteiger partial charge in [0.1, 0.15) is 10.6 Å². The molecule has 1 saturated carbocycles. The number of methoxy groups -OCH3 is 1. The number of amides is 2. The Morgan fingerprint density at radius 3 is 2.37 bits per heavy atom. The Kier molecular flexibility index (Phi) is 6.82. The summed E-state index contributed by atoms with van der Waals surface area (Å²) in [6.45, 7) is 0. The third-order valence-electron chi connectivity index (χ3n) is 6.56. The van der Waals surface area contributed by atoms with Crippen molar-refractivity contribution in [3.63, 3.8) is 0 Å². The molecule has 0 bridgehead atoms. The molecule has 0 atom stereocenters. The van der Waals surface area contributed by atoms with Crippen LogP contribution in [0.25, 0.3) is 21.9 Å². The molecule has 1 aromatic heterocycles. The van der Waals surface area contributed by atoms with Gasteiger partial charge >= 0.3 is 0 Å². The first-order chi connectivity index (χ1) is 17.1. The normalized spacial score (nSPS) is 14.0. The van der Waals surface area contributed by atoms with E-state index >= 15 is 0 Å². The number of carbonyl (C=O) groups is 2. The topological polar surface area (TPSA) is 67.4 Å². The molecule has 6 heteroatoms. The number of nitrogens with one attached hydrogen (secondary N) is 2. The van der Waals surface area contributed by atoms with Gasteiger partial charge in [-0.15, -0.1) is 11.3 Å². The Balaban J connectivity index is 1.30. The standard InChI is InChI=1S/C29H28N2O3S/c1-34-26-25(18-35-27(26)29(33)31-23-9-3-2-4-10-23)20-13-15-24(16-14-20)30-28(32)22-12-11-19-7-5-6-8-21(19)17-22/h5-8,11-18,23H,2-4,9-10H2,1H3,(H,30,32)(H,31,33).